The maximum atomic E-state index is 12.2. The fourth-order valence-corrected chi connectivity index (χ4v) is 3.83. The zero-order valence-electron chi connectivity index (χ0n) is 14.3. The van der Waals surface area contributed by atoms with Gasteiger partial charge in [-0.1, -0.05) is 32.6 Å². The van der Waals surface area contributed by atoms with Crippen LogP contribution in [0.3, 0.4) is 0 Å². The molecular formula is C17H34ClN3O. The van der Waals surface area contributed by atoms with Gasteiger partial charge in [0, 0.05) is 24.0 Å². The Labute approximate surface area is 142 Å². The second-order valence-corrected chi connectivity index (χ2v) is 7.20. The van der Waals surface area contributed by atoms with Crippen molar-refractivity contribution in [2.75, 3.05) is 19.6 Å². The topological polar surface area (TPSA) is 58.4 Å². The molecule has 130 valence electrons. The van der Waals surface area contributed by atoms with E-state index in [1.807, 2.05) is 13.8 Å². The molecule has 0 bridgehead atoms. The van der Waals surface area contributed by atoms with E-state index in [-0.39, 0.29) is 35.8 Å². The number of amides is 1. The summed E-state index contributed by atoms with van der Waals surface area (Å²) in [6.45, 7) is 7.06. The zero-order valence-corrected chi connectivity index (χ0v) is 15.1. The van der Waals surface area contributed by atoms with Crippen LogP contribution in [-0.2, 0) is 4.79 Å². The number of carbonyl (C=O) groups is 1. The van der Waals surface area contributed by atoms with Crippen molar-refractivity contribution in [3.05, 3.63) is 0 Å². The van der Waals surface area contributed by atoms with Gasteiger partial charge in [-0.25, -0.2) is 0 Å². The van der Waals surface area contributed by atoms with E-state index >= 15 is 0 Å². The Bertz CT molecular complexity index is 337. The first-order chi connectivity index (χ1) is 10.1. The molecule has 2 rings (SSSR count). The van der Waals surface area contributed by atoms with Crippen LogP contribution >= 0.6 is 12.4 Å². The molecule has 0 aromatic rings. The highest BCUT2D eigenvalue weighted by atomic mass is 35.5. The lowest BCUT2D eigenvalue weighted by molar-refractivity contribution is -0.126. The van der Waals surface area contributed by atoms with Gasteiger partial charge in [0.15, 0.2) is 0 Å². The van der Waals surface area contributed by atoms with Crippen molar-refractivity contribution < 1.29 is 4.79 Å². The van der Waals surface area contributed by atoms with Gasteiger partial charge >= 0.3 is 0 Å². The predicted molar refractivity (Wildman–Crippen MR) is 94.3 cm³/mol. The van der Waals surface area contributed by atoms with Gasteiger partial charge in [0.1, 0.15) is 0 Å². The first kappa shape index (κ1) is 19.7. The molecule has 2 aliphatic rings. The molecule has 1 amide bonds. The molecule has 1 aliphatic carbocycles. The molecule has 1 heterocycles. The Kier molecular flexibility index (Phi) is 8.15. The fraction of sp³-hybridized carbons (Fsp3) is 0.941. The maximum absolute atomic E-state index is 12.2. The lowest BCUT2D eigenvalue weighted by atomic mass is 9.79. The number of halogens is 1. The number of nitrogens with zero attached hydrogens (tertiary/aromatic N) is 1. The second-order valence-electron chi connectivity index (χ2n) is 7.20. The summed E-state index contributed by atoms with van der Waals surface area (Å²) in [5.74, 6) is 0.0129. The first-order valence-corrected chi connectivity index (χ1v) is 8.83. The van der Waals surface area contributed by atoms with Crippen molar-refractivity contribution in [3.63, 3.8) is 0 Å². The summed E-state index contributed by atoms with van der Waals surface area (Å²) < 4.78 is 0. The molecule has 2 fully saturated rings. The van der Waals surface area contributed by atoms with Gasteiger partial charge in [0.2, 0.25) is 5.91 Å². The van der Waals surface area contributed by atoms with Crippen LogP contribution in [0.5, 0.6) is 0 Å². The first-order valence-electron chi connectivity index (χ1n) is 8.83. The fourth-order valence-electron chi connectivity index (χ4n) is 3.83. The molecule has 4 nitrogen and oxygen atoms in total. The summed E-state index contributed by atoms with van der Waals surface area (Å²) in [5.41, 5.74) is 6.06. The summed E-state index contributed by atoms with van der Waals surface area (Å²) in [7, 11) is 0. The molecule has 22 heavy (non-hydrogen) atoms. The summed E-state index contributed by atoms with van der Waals surface area (Å²) in [6, 6.07) is -0.0812. The van der Waals surface area contributed by atoms with Crippen molar-refractivity contribution >= 4 is 18.3 Å². The summed E-state index contributed by atoms with van der Waals surface area (Å²) >= 11 is 0. The molecule has 0 spiro atoms. The van der Waals surface area contributed by atoms with Crippen molar-refractivity contribution in [2.45, 2.75) is 76.8 Å². The van der Waals surface area contributed by atoms with E-state index in [4.69, 9.17) is 5.73 Å². The van der Waals surface area contributed by atoms with Gasteiger partial charge in [-0.2, -0.15) is 0 Å². The monoisotopic (exact) mass is 331 g/mol. The van der Waals surface area contributed by atoms with Gasteiger partial charge in [-0.3, -0.25) is 9.69 Å². The summed E-state index contributed by atoms with van der Waals surface area (Å²) in [6.07, 6.45) is 10.4. The number of hydrogen-bond acceptors (Lipinski definition) is 3. The smallest absolute Gasteiger partial charge is 0.224 e. The number of rotatable bonds is 5. The van der Waals surface area contributed by atoms with E-state index in [1.165, 1.54) is 64.5 Å². The predicted octanol–water partition coefficient (Wildman–Crippen LogP) is 2.70. The third-order valence-corrected chi connectivity index (χ3v) is 5.61. The summed E-state index contributed by atoms with van der Waals surface area (Å²) in [5, 5.41) is 3.21. The van der Waals surface area contributed by atoms with E-state index in [0.29, 0.717) is 0 Å². The van der Waals surface area contributed by atoms with Crippen molar-refractivity contribution in [1.82, 2.24) is 10.2 Å². The summed E-state index contributed by atoms with van der Waals surface area (Å²) in [4.78, 5) is 14.9. The minimum absolute atomic E-state index is 0. The number of nitrogens with one attached hydrogen (secondary N) is 1. The van der Waals surface area contributed by atoms with Crippen LogP contribution in [0, 0.1) is 5.92 Å². The number of piperidine rings is 1. The van der Waals surface area contributed by atoms with Gasteiger partial charge in [0.05, 0.1) is 0 Å². The van der Waals surface area contributed by atoms with Crippen LogP contribution in [0.25, 0.3) is 0 Å². The highest BCUT2D eigenvalue weighted by molar-refractivity contribution is 5.85. The van der Waals surface area contributed by atoms with Crippen LogP contribution in [0.15, 0.2) is 0 Å². The van der Waals surface area contributed by atoms with E-state index < -0.39 is 0 Å². The molecule has 3 N–H and O–H groups in total. The highest BCUT2D eigenvalue weighted by Crippen LogP contribution is 2.35. The Morgan fingerprint density at radius 2 is 1.64 bits per heavy atom. The molecule has 1 saturated heterocycles. The van der Waals surface area contributed by atoms with Crippen molar-refractivity contribution in [2.24, 2.45) is 11.7 Å². The third kappa shape index (κ3) is 4.84. The molecule has 0 aromatic heterocycles. The third-order valence-electron chi connectivity index (χ3n) is 5.61. The Morgan fingerprint density at radius 3 is 2.18 bits per heavy atom. The van der Waals surface area contributed by atoms with Crippen LogP contribution in [-0.4, -0.2) is 42.0 Å². The van der Waals surface area contributed by atoms with E-state index in [0.717, 1.165) is 6.54 Å². The largest absolute Gasteiger partial charge is 0.354 e. The second kappa shape index (κ2) is 9.09. The van der Waals surface area contributed by atoms with Gasteiger partial charge < -0.3 is 11.1 Å². The molecule has 0 radical (unpaired) electrons. The maximum Gasteiger partial charge on any atom is 0.224 e. The molecular weight excluding hydrogens is 298 g/mol. The Hall–Kier alpha value is -0.320. The van der Waals surface area contributed by atoms with Crippen LogP contribution < -0.4 is 11.1 Å². The van der Waals surface area contributed by atoms with Crippen LogP contribution in [0.2, 0.25) is 0 Å². The van der Waals surface area contributed by atoms with Crippen molar-refractivity contribution in [3.8, 4) is 0 Å². The lowest BCUT2D eigenvalue weighted by Gasteiger charge is -2.48. The van der Waals surface area contributed by atoms with Gasteiger partial charge in [-0.15, -0.1) is 12.4 Å². The average molecular weight is 332 g/mol. The number of hydrogen-bond donors (Lipinski definition) is 2. The highest BCUT2D eigenvalue weighted by Gasteiger charge is 2.38. The van der Waals surface area contributed by atoms with Crippen LogP contribution in [0.1, 0.15) is 65.2 Å². The molecule has 1 aliphatic heterocycles. The van der Waals surface area contributed by atoms with E-state index in [9.17, 15) is 4.79 Å². The standard InChI is InChI=1S/C17H33N3O.ClH/c1-14(15(2)18)16(21)19-13-17(9-5-3-6-10-17)20-11-7-4-8-12-20;/h14-15H,3-13,18H2,1-2H3,(H,19,21);1H. The molecule has 2 atom stereocenters. The van der Waals surface area contributed by atoms with Gasteiger partial charge in [0.25, 0.3) is 0 Å². The normalized spacial score (nSPS) is 24.9. The molecule has 5 heteroatoms. The molecule has 1 saturated carbocycles. The lowest BCUT2D eigenvalue weighted by Crippen LogP contribution is -2.58. The van der Waals surface area contributed by atoms with Gasteiger partial charge in [-0.05, 0) is 45.7 Å². The van der Waals surface area contributed by atoms with E-state index in [2.05, 4.69) is 10.2 Å². The zero-order chi connectivity index (χ0) is 15.3. The minimum atomic E-state index is -0.105. The number of likely N-dealkylation sites (tertiary alicyclic amines) is 1. The average Bonchev–Trinajstić information content (AvgIpc) is 2.53. The Balaban J connectivity index is 0.00000242. The quantitative estimate of drug-likeness (QED) is 0.814. The minimum Gasteiger partial charge on any atom is -0.354 e. The molecule has 0 aromatic carbocycles. The number of nitrogens with two attached hydrogens (primary N) is 1. The number of carbonyl (C=O) groups excluding carboxylic acids is 1. The van der Waals surface area contributed by atoms with E-state index in [1.54, 1.807) is 0 Å². The van der Waals surface area contributed by atoms with Crippen LogP contribution in [0.4, 0.5) is 0 Å². The SMILES string of the molecule is CC(N)C(C)C(=O)NCC1(N2CCCCC2)CCCCC1.Cl. The molecule has 2 unspecified atom stereocenters. The van der Waals surface area contributed by atoms with Crippen molar-refractivity contribution in [1.29, 1.82) is 0 Å². The Morgan fingerprint density at radius 1 is 1.09 bits per heavy atom.